The predicted octanol–water partition coefficient (Wildman–Crippen LogP) is 1.89. The lowest BCUT2D eigenvalue weighted by Crippen LogP contribution is -2.40. The summed E-state index contributed by atoms with van der Waals surface area (Å²) in [7, 11) is 0.796. The lowest BCUT2D eigenvalue weighted by Gasteiger charge is -2.21. The van der Waals surface area contributed by atoms with E-state index in [0.717, 1.165) is 44.2 Å². The molecule has 1 N–H and O–H groups in total. The Morgan fingerprint density at radius 2 is 2.15 bits per heavy atom. The summed E-state index contributed by atoms with van der Waals surface area (Å²) in [5.74, 6) is 2.63. The minimum absolute atomic E-state index is 0.526. The van der Waals surface area contributed by atoms with Crippen LogP contribution in [0.4, 0.5) is 0 Å². The van der Waals surface area contributed by atoms with E-state index in [9.17, 15) is 4.21 Å². The Morgan fingerprint density at radius 3 is 2.89 bits per heavy atom. The molecule has 7 heteroatoms. The van der Waals surface area contributed by atoms with Gasteiger partial charge in [-0.25, -0.2) is 0 Å². The second kappa shape index (κ2) is 12.9. The molecule has 0 radical (unpaired) electrons. The summed E-state index contributed by atoms with van der Waals surface area (Å²) in [6.45, 7) is 7.47. The summed E-state index contributed by atoms with van der Waals surface area (Å²) in [5, 5.41) is 3.36. The molecule has 1 aromatic carbocycles. The van der Waals surface area contributed by atoms with Crippen molar-refractivity contribution in [1.29, 1.82) is 0 Å². The van der Waals surface area contributed by atoms with Gasteiger partial charge in [0.1, 0.15) is 0 Å². The van der Waals surface area contributed by atoms with Crippen LogP contribution in [0.25, 0.3) is 0 Å². The van der Waals surface area contributed by atoms with Crippen LogP contribution in [0.1, 0.15) is 18.9 Å². The summed E-state index contributed by atoms with van der Waals surface area (Å²) in [6.07, 6.45) is 1.11. The predicted molar refractivity (Wildman–Crippen MR) is 112 cm³/mol. The Hall–Kier alpha value is -1.44. The van der Waals surface area contributed by atoms with Crippen molar-refractivity contribution >= 4 is 16.8 Å². The Morgan fingerprint density at radius 1 is 1.33 bits per heavy atom. The van der Waals surface area contributed by atoms with Crippen molar-refractivity contribution in [1.82, 2.24) is 10.2 Å². The van der Waals surface area contributed by atoms with Crippen LogP contribution in [0.5, 0.6) is 0 Å². The van der Waals surface area contributed by atoms with Crippen molar-refractivity contribution in [3.05, 3.63) is 35.9 Å². The van der Waals surface area contributed by atoms with Gasteiger partial charge in [-0.1, -0.05) is 30.3 Å². The van der Waals surface area contributed by atoms with Crippen molar-refractivity contribution in [2.24, 2.45) is 10.9 Å². The summed E-state index contributed by atoms with van der Waals surface area (Å²) >= 11 is 0. The maximum Gasteiger partial charge on any atom is 0.193 e. The zero-order valence-electron chi connectivity index (χ0n) is 16.6. The quantitative estimate of drug-likeness (QED) is 0.352. The van der Waals surface area contributed by atoms with E-state index in [1.54, 1.807) is 7.11 Å². The van der Waals surface area contributed by atoms with Crippen LogP contribution in [0.3, 0.4) is 0 Å². The van der Waals surface area contributed by atoms with Gasteiger partial charge in [0, 0.05) is 55.0 Å². The molecule has 152 valence electrons. The number of rotatable bonds is 11. The third-order valence-corrected chi connectivity index (χ3v) is 5.75. The SMILES string of the molecule is CCNC(=NCCS(=O)Cc1ccccc1)N1CCC(COCCOC)C1. The van der Waals surface area contributed by atoms with Crippen molar-refractivity contribution < 1.29 is 13.7 Å². The van der Waals surface area contributed by atoms with E-state index in [2.05, 4.69) is 17.1 Å². The van der Waals surface area contributed by atoms with Gasteiger partial charge in [-0.15, -0.1) is 0 Å². The third kappa shape index (κ3) is 8.41. The zero-order valence-corrected chi connectivity index (χ0v) is 17.4. The van der Waals surface area contributed by atoms with E-state index < -0.39 is 10.8 Å². The lowest BCUT2D eigenvalue weighted by atomic mass is 10.1. The molecule has 2 atom stereocenters. The summed E-state index contributed by atoms with van der Waals surface area (Å²) in [4.78, 5) is 6.98. The zero-order chi connectivity index (χ0) is 19.3. The number of likely N-dealkylation sites (tertiary alicyclic amines) is 1. The van der Waals surface area contributed by atoms with Gasteiger partial charge in [-0.3, -0.25) is 9.20 Å². The molecule has 0 aromatic heterocycles. The van der Waals surface area contributed by atoms with Crippen LogP contribution >= 0.6 is 0 Å². The Labute approximate surface area is 165 Å². The normalized spacial score (nSPS) is 18.7. The highest BCUT2D eigenvalue weighted by atomic mass is 32.2. The maximum absolute atomic E-state index is 12.3. The highest BCUT2D eigenvalue weighted by molar-refractivity contribution is 7.84. The number of hydrogen-bond donors (Lipinski definition) is 1. The molecule has 1 aromatic rings. The fourth-order valence-corrected chi connectivity index (χ4v) is 4.07. The molecule has 2 unspecified atom stereocenters. The standard InChI is InChI=1S/C20H33N3O3S/c1-3-21-20(23-11-9-19(15-23)16-26-13-12-25-2)22-10-14-27(24)17-18-7-5-4-6-8-18/h4-8,19H,3,9-17H2,1-2H3,(H,21,22). The molecular weight excluding hydrogens is 362 g/mol. The second-order valence-electron chi connectivity index (χ2n) is 6.68. The molecule has 0 amide bonds. The highest BCUT2D eigenvalue weighted by Gasteiger charge is 2.24. The molecule has 0 bridgehead atoms. The van der Waals surface area contributed by atoms with E-state index in [0.29, 0.717) is 37.2 Å². The van der Waals surface area contributed by atoms with Gasteiger partial charge in [-0.05, 0) is 18.9 Å². The van der Waals surface area contributed by atoms with Crippen molar-refractivity contribution in [2.45, 2.75) is 19.1 Å². The number of methoxy groups -OCH3 is 1. The molecule has 0 saturated carbocycles. The third-order valence-electron chi connectivity index (χ3n) is 4.46. The highest BCUT2D eigenvalue weighted by Crippen LogP contribution is 2.16. The molecule has 2 rings (SSSR count). The number of hydrogen-bond acceptors (Lipinski definition) is 4. The minimum atomic E-state index is -0.892. The van der Waals surface area contributed by atoms with Crippen LogP contribution in [0, 0.1) is 5.92 Å². The van der Waals surface area contributed by atoms with Crippen LogP contribution < -0.4 is 5.32 Å². The smallest absolute Gasteiger partial charge is 0.193 e. The van der Waals surface area contributed by atoms with Crippen molar-refractivity contribution in [2.75, 3.05) is 58.9 Å². The molecule has 6 nitrogen and oxygen atoms in total. The maximum atomic E-state index is 12.3. The molecular formula is C20H33N3O3S. The van der Waals surface area contributed by atoms with Gasteiger partial charge in [0.05, 0.1) is 26.4 Å². The monoisotopic (exact) mass is 395 g/mol. The summed E-state index contributed by atoms with van der Waals surface area (Å²) in [6, 6.07) is 9.98. The Balaban J connectivity index is 1.76. The topological polar surface area (TPSA) is 63.2 Å². The fourth-order valence-electron chi connectivity index (χ4n) is 3.06. The number of aliphatic imine (C=N–C) groups is 1. The van der Waals surface area contributed by atoms with E-state index in [4.69, 9.17) is 14.5 Å². The van der Waals surface area contributed by atoms with Gasteiger partial charge >= 0.3 is 0 Å². The van der Waals surface area contributed by atoms with E-state index >= 15 is 0 Å². The van der Waals surface area contributed by atoms with E-state index in [-0.39, 0.29) is 0 Å². The first-order chi connectivity index (χ1) is 13.2. The van der Waals surface area contributed by atoms with Crippen molar-refractivity contribution in [3.63, 3.8) is 0 Å². The molecule has 27 heavy (non-hydrogen) atoms. The van der Waals surface area contributed by atoms with Crippen LogP contribution in [0.2, 0.25) is 0 Å². The summed E-state index contributed by atoms with van der Waals surface area (Å²) < 4.78 is 23.0. The first-order valence-electron chi connectivity index (χ1n) is 9.71. The number of ether oxygens (including phenoxy) is 2. The first-order valence-corrected chi connectivity index (χ1v) is 11.2. The van der Waals surface area contributed by atoms with Crippen LogP contribution in [-0.4, -0.2) is 73.9 Å². The molecule has 1 saturated heterocycles. The second-order valence-corrected chi connectivity index (χ2v) is 8.25. The van der Waals surface area contributed by atoms with Crippen LogP contribution in [0.15, 0.2) is 35.3 Å². The summed E-state index contributed by atoms with van der Waals surface area (Å²) in [5.41, 5.74) is 1.11. The largest absolute Gasteiger partial charge is 0.382 e. The molecule has 1 fully saturated rings. The Bertz CT molecular complexity index is 583. The molecule has 0 spiro atoms. The first kappa shape index (κ1) is 21.9. The number of guanidine groups is 1. The van der Waals surface area contributed by atoms with E-state index in [1.165, 1.54) is 0 Å². The van der Waals surface area contributed by atoms with Gasteiger partial charge < -0.3 is 19.7 Å². The fraction of sp³-hybridized carbons (Fsp3) is 0.650. The number of nitrogens with one attached hydrogen (secondary N) is 1. The number of benzene rings is 1. The molecule has 1 aliphatic heterocycles. The van der Waals surface area contributed by atoms with Gasteiger partial charge in [0.25, 0.3) is 0 Å². The van der Waals surface area contributed by atoms with E-state index in [1.807, 2.05) is 30.3 Å². The molecule has 1 heterocycles. The lowest BCUT2D eigenvalue weighted by molar-refractivity contribution is 0.0536. The van der Waals surface area contributed by atoms with Gasteiger partial charge in [-0.2, -0.15) is 0 Å². The average Bonchev–Trinajstić information content (AvgIpc) is 3.14. The van der Waals surface area contributed by atoms with Crippen molar-refractivity contribution in [3.8, 4) is 0 Å². The molecule has 1 aliphatic rings. The van der Waals surface area contributed by atoms with Gasteiger partial charge in [0.15, 0.2) is 5.96 Å². The minimum Gasteiger partial charge on any atom is -0.382 e. The Kier molecular flexibility index (Phi) is 10.4. The van der Waals surface area contributed by atoms with Gasteiger partial charge in [0.2, 0.25) is 0 Å². The number of nitrogens with zero attached hydrogens (tertiary/aromatic N) is 2. The average molecular weight is 396 g/mol. The molecule has 0 aliphatic carbocycles. The van der Waals surface area contributed by atoms with Crippen LogP contribution in [-0.2, 0) is 26.0 Å².